The highest BCUT2D eigenvalue weighted by atomic mass is 32.1. The van der Waals surface area contributed by atoms with Crippen LogP contribution in [0.3, 0.4) is 0 Å². The van der Waals surface area contributed by atoms with E-state index in [1.165, 1.54) is 16.0 Å². The number of carbonyl (C=O) groups excluding carboxylic acids is 1. The molecular formula is C20H20F4N4O2S. The van der Waals surface area contributed by atoms with Gasteiger partial charge >= 0.3 is 12.1 Å². The molecule has 166 valence electrons. The van der Waals surface area contributed by atoms with E-state index < -0.39 is 18.0 Å². The van der Waals surface area contributed by atoms with Crippen LogP contribution in [-0.2, 0) is 4.79 Å². The number of nitrogens with one attached hydrogen (secondary N) is 1. The number of nitrogens with zero attached hydrogens (tertiary/aromatic N) is 3. The lowest BCUT2D eigenvalue weighted by Gasteiger charge is -2.20. The third-order valence-corrected chi connectivity index (χ3v) is 6.29. The Hall–Kier alpha value is -2.53. The second-order valence-corrected chi connectivity index (χ2v) is 8.71. The molecule has 0 spiro atoms. The number of rotatable bonds is 4. The van der Waals surface area contributed by atoms with Crippen molar-refractivity contribution >= 4 is 28.2 Å². The van der Waals surface area contributed by atoms with Crippen LogP contribution in [0.1, 0.15) is 49.2 Å². The van der Waals surface area contributed by atoms with Gasteiger partial charge in [-0.15, -0.1) is 0 Å². The number of ether oxygens (including phenoxy) is 1. The maximum Gasteiger partial charge on any atom is 0.491 e. The van der Waals surface area contributed by atoms with Crippen LogP contribution >= 0.6 is 11.3 Å². The van der Waals surface area contributed by atoms with Crippen LogP contribution in [0, 0.1) is 5.82 Å². The molecule has 0 bridgehead atoms. The van der Waals surface area contributed by atoms with E-state index in [1.54, 1.807) is 20.0 Å². The van der Waals surface area contributed by atoms with Crippen molar-refractivity contribution in [3.8, 4) is 10.8 Å². The van der Waals surface area contributed by atoms with Crippen molar-refractivity contribution in [3.05, 3.63) is 34.8 Å². The van der Waals surface area contributed by atoms with Gasteiger partial charge in [0.25, 0.3) is 0 Å². The Morgan fingerprint density at radius 2 is 2.00 bits per heavy atom. The summed E-state index contributed by atoms with van der Waals surface area (Å²) >= 11 is 1.37. The van der Waals surface area contributed by atoms with Crippen molar-refractivity contribution < 1.29 is 27.1 Å². The summed E-state index contributed by atoms with van der Waals surface area (Å²) in [5.74, 6) is -3.39. The van der Waals surface area contributed by atoms with Crippen molar-refractivity contribution in [2.75, 3.05) is 13.1 Å². The van der Waals surface area contributed by atoms with E-state index in [-0.39, 0.29) is 22.6 Å². The average molecular weight is 456 g/mol. The highest BCUT2D eigenvalue weighted by molar-refractivity contribution is 7.14. The van der Waals surface area contributed by atoms with E-state index >= 15 is 0 Å². The van der Waals surface area contributed by atoms with Gasteiger partial charge in [0.05, 0.1) is 22.3 Å². The molecule has 6 nitrogen and oxygen atoms in total. The molecular weight excluding hydrogens is 436 g/mol. The monoisotopic (exact) mass is 456 g/mol. The summed E-state index contributed by atoms with van der Waals surface area (Å²) < 4.78 is 59.0. The van der Waals surface area contributed by atoms with Gasteiger partial charge in [-0.05, 0) is 44.0 Å². The minimum atomic E-state index is -5.17. The topological polar surface area (TPSA) is 69.0 Å². The van der Waals surface area contributed by atoms with Crippen LogP contribution in [0.25, 0.3) is 15.9 Å². The molecule has 1 aliphatic heterocycles. The van der Waals surface area contributed by atoms with E-state index in [4.69, 9.17) is 0 Å². The Balaban J connectivity index is 1.83. The Bertz CT molecular complexity index is 1120. The first kappa shape index (κ1) is 21.7. The molecule has 1 N–H and O–H groups in total. The van der Waals surface area contributed by atoms with Gasteiger partial charge in [-0.2, -0.15) is 18.3 Å². The molecule has 11 heteroatoms. The largest absolute Gasteiger partial charge is 0.491 e. The van der Waals surface area contributed by atoms with Crippen LogP contribution < -0.4 is 10.1 Å². The zero-order valence-corrected chi connectivity index (χ0v) is 17.6. The summed E-state index contributed by atoms with van der Waals surface area (Å²) in [6, 6.07) is 1.99. The van der Waals surface area contributed by atoms with Crippen LogP contribution in [0.4, 0.5) is 17.6 Å². The van der Waals surface area contributed by atoms with E-state index in [0.717, 1.165) is 43.1 Å². The van der Waals surface area contributed by atoms with Gasteiger partial charge in [0.2, 0.25) is 0 Å². The molecule has 1 aromatic carbocycles. The number of hydrogen-bond acceptors (Lipinski definition) is 6. The fourth-order valence-corrected chi connectivity index (χ4v) is 4.70. The lowest BCUT2D eigenvalue weighted by atomic mass is 9.99. The van der Waals surface area contributed by atoms with Crippen LogP contribution in [0.15, 0.2) is 18.3 Å². The molecule has 0 amide bonds. The highest BCUT2D eigenvalue weighted by Crippen LogP contribution is 2.38. The summed E-state index contributed by atoms with van der Waals surface area (Å²) in [6.45, 7) is 5.34. The smallest absolute Gasteiger partial charge is 0.419 e. The number of thiazole rings is 1. The zero-order valence-electron chi connectivity index (χ0n) is 16.8. The van der Waals surface area contributed by atoms with E-state index in [2.05, 4.69) is 20.1 Å². The number of fused-ring (bicyclic) bond motifs is 1. The van der Waals surface area contributed by atoms with Crippen LogP contribution in [0.2, 0.25) is 0 Å². The van der Waals surface area contributed by atoms with Gasteiger partial charge in [-0.25, -0.2) is 18.9 Å². The molecule has 1 saturated heterocycles. The van der Waals surface area contributed by atoms with Crippen molar-refractivity contribution in [2.45, 2.75) is 44.7 Å². The number of benzene rings is 1. The summed E-state index contributed by atoms with van der Waals surface area (Å²) in [4.78, 5) is 15.9. The maximum atomic E-state index is 14.9. The lowest BCUT2D eigenvalue weighted by Crippen LogP contribution is -2.28. The predicted molar refractivity (Wildman–Crippen MR) is 107 cm³/mol. The second kappa shape index (κ2) is 8.19. The number of carbonyl (C=O) groups is 1. The van der Waals surface area contributed by atoms with Gasteiger partial charge in [-0.1, -0.05) is 25.2 Å². The maximum absolute atomic E-state index is 14.9. The fourth-order valence-electron chi connectivity index (χ4n) is 3.65. The summed E-state index contributed by atoms with van der Waals surface area (Å²) in [5, 5.41) is 9.26. The number of halogens is 4. The van der Waals surface area contributed by atoms with Gasteiger partial charge in [0.1, 0.15) is 22.1 Å². The first-order valence-electron chi connectivity index (χ1n) is 9.83. The van der Waals surface area contributed by atoms with Crippen LogP contribution in [0.5, 0.6) is 5.75 Å². The Morgan fingerprint density at radius 3 is 2.65 bits per heavy atom. The van der Waals surface area contributed by atoms with Gasteiger partial charge in [-0.3, -0.25) is 0 Å². The fraction of sp³-hybridized carbons (Fsp3) is 0.450. The zero-order chi connectivity index (χ0) is 22.3. The predicted octanol–water partition coefficient (Wildman–Crippen LogP) is 4.68. The first-order chi connectivity index (χ1) is 14.7. The molecule has 0 radical (unpaired) electrons. The molecule has 3 heterocycles. The Morgan fingerprint density at radius 1 is 1.29 bits per heavy atom. The molecule has 1 aliphatic rings. The van der Waals surface area contributed by atoms with Gasteiger partial charge in [0, 0.05) is 5.92 Å². The quantitative estimate of drug-likeness (QED) is 0.351. The number of aromatic nitrogens is 3. The molecule has 1 fully saturated rings. The first-order valence-corrected chi connectivity index (χ1v) is 10.7. The van der Waals surface area contributed by atoms with Crippen molar-refractivity contribution in [3.63, 3.8) is 0 Å². The number of hydrogen-bond donors (Lipinski definition) is 1. The number of esters is 1. The molecule has 2 aromatic heterocycles. The molecule has 0 aliphatic carbocycles. The van der Waals surface area contributed by atoms with Gasteiger partial charge < -0.3 is 10.1 Å². The Labute approximate surface area is 179 Å². The number of piperidine rings is 1. The van der Waals surface area contributed by atoms with E-state index in [1.807, 2.05) is 0 Å². The summed E-state index contributed by atoms with van der Waals surface area (Å²) in [5.41, 5.74) is 0.285. The molecule has 4 rings (SSSR count). The SMILES string of the molecule is CC(C)c1nn(-c2cnc(C3CCNCC3)s2)c2c(F)ccc(OC(=O)C(F)(F)F)c12. The van der Waals surface area contributed by atoms with E-state index in [0.29, 0.717) is 16.6 Å². The minimum Gasteiger partial charge on any atom is -0.419 e. The second-order valence-electron chi connectivity index (χ2n) is 7.67. The summed E-state index contributed by atoms with van der Waals surface area (Å²) in [7, 11) is 0. The molecule has 0 unspecified atom stereocenters. The lowest BCUT2D eigenvalue weighted by molar-refractivity contribution is -0.189. The third-order valence-electron chi connectivity index (χ3n) is 5.16. The molecule has 31 heavy (non-hydrogen) atoms. The Kier molecular flexibility index (Phi) is 5.73. The molecule has 0 saturated carbocycles. The average Bonchev–Trinajstić information content (AvgIpc) is 3.35. The molecule has 0 atom stereocenters. The van der Waals surface area contributed by atoms with Crippen molar-refractivity contribution in [2.24, 2.45) is 0 Å². The normalized spacial score (nSPS) is 15.7. The van der Waals surface area contributed by atoms with Crippen LogP contribution in [-0.4, -0.2) is 40.0 Å². The number of alkyl halides is 3. The molecule has 3 aromatic rings. The minimum absolute atomic E-state index is 0.0447. The highest BCUT2D eigenvalue weighted by Gasteiger charge is 2.42. The van der Waals surface area contributed by atoms with E-state index in [9.17, 15) is 22.4 Å². The standard InChI is InChI=1S/C20H20F4N4O2S/c1-10(2)16-15-13(30-19(29)20(22,23)24)4-3-12(21)17(15)28(27-16)14-9-26-18(31-14)11-5-7-25-8-6-11/h3-4,9-11,25H,5-8H2,1-2H3. The third kappa shape index (κ3) is 4.16. The summed E-state index contributed by atoms with van der Waals surface area (Å²) in [6.07, 6.45) is -1.70. The van der Waals surface area contributed by atoms with Gasteiger partial charge in [0.15, 0.2) is 0 Å². The van der Waals surface area contributed by atoms with Crippen molar-refractivity contribution in [1.82, 2.24) is 20.1 Å². The van der Waals surface area contributed by atoms with Crippen molar-refractivity contribution in [1.29, 1.82) is 0 Å².